The van der Waals surface area contributed by atoms with Crippen molar-refractivity contribution in [1.82, 2.24) is 14.8 Å². The minimum Gasteiger partial charge on any atom is -0.480 e. The molecule has 3 aliphatic heterocycles. The van der Waals surface area contributed by atoms with Gasteiger partial charge in [-0.2, -0.15) is 8.78 Å². The Balaban J connectivity index is 1.17. The molecule has 0 unspecified atom stereocenters. The van der Waals surface area contributed by atoms with Crippen molar-refractivity contribution >= 4 is 22.8 Å². The molecule has 3 aliphatic rings. The number of hydrogen-bond acceptors (Lipinski definition) is 7. The first kappa shape index (κ1) is 31.6. The van der Waals surface area contributed by atoms with Crippen LogP contribution in [0.4, 0.5) is 14.5 Å². The number of benzene rings is 3. The van der Waals surface area contributed by atoms with Crippen molar-refractivity contribution in [3.63, 3.8) is 0 Å². The number of likely N-dealkylation sites (tertiary alicyclic amines) is 2. The first-order valence-electron chi connectivity index (χ1n) is 16.8. The first-order chi connectivity index (χ1) is 22.8. The van der Waals surface area contributed by atoms with Gasteiger partial charge in [-0.25, -0.2) is 4.98 Å². The van der Waals surface area contributed by atoms with Gasteiger partial charge in [-0.1, -0.05) is 24.3 Å². The Morgan fingerprint density at radius 3 is 2.36 bits per heavy atom. The number of rotatable bonds is 9. The van der Waals surface area contributed by atoms with E-state index in [1.165, 1.54) is 56.1 Å². The molecule has 8 nitrogen and oxygen atoms in total. The van der Waals surface area contributed by atoms with Gasteiger partial charge in [0.05, 0.1) is 0 Å². The molecular formula is C37H42F2N4O4. The van der Waals surface area contributed by atoms with Crippen molar-refractivity contribution < 1.29 is 27.8 Å². The van der Waals surface area contributed by atoms with E-state index in [0.717, 1.165) is 41.8 Å². The largest absolute Gasteiger partial charge is 0.480 e. The predicted molar refractivity (Wildman–Crippen MR) is 178 cm³/mol. The van der Waals surface area contributed by atoms with Crippen LogP contribution < -0.4 is 9.64 Å². The summed E-state index contributed by atoms with van der Waals surface area (Å²) in [6.45, 7) is 6.56. The van der Waals surface area contributed by atoms with Crippen LogP contribution in [0.15, 0.2) is 52.9 Å². The molecule has 3 aromatic carbocycles. The molecule has 4 heterocycles. The zero-order valence-electron chi connectivity index (χ0n) is 27.1. The van der Waals surface area contributed by atoms with Crippen molar-refractivity contribution in [2.24, 2.45) is 0 Å². The Hall–Kier alpha value is -4.02. The Morgan fingerprint density at radius 2 is 1.64 bits per heavy atom. The summed E-state index contributed by atoms with van der Waals surface area (Å²) in [5.41, 5.74) is 7.88. The van der Waals surface area contributed by atoms with E-state index in [-0.39, 0.29) is 12.3 Å². The number of fused-ring (bicyclic) bond motifs is 1. The smallest absolute Gasteiger partial charge is 0.387 e. The Labute approximate surface area is 273 Å². The molecule has 0 radical (unpaired) electrons. The van der Waals surface area contributed by atoms with Gasteiger partial charge in [-0.15, -0.1) is 0 Å². The summed E-state index contributed by atoms with van der Waals surface area (Å²) in [6.07, 6.45) is 6.29. The van der Waals surface area contributed by atoms with Crippen molar-refractivity contribution in [2.45, 2.75) is 77.6 Å². The first-order valence-corrected chi connectivity index (χ1v) is 16.8. The molecule has 1 N–H and O–H groups in total. The number of ether oxygens (including phenoxy) is 1. The molecule has 0 bridgehead atoms. The summed E-state index contributed by atoms with van der Waals surface area (Å²) in [6, 6.07) is 15.8. The molecule has 4 aromatic rings. The van der Waals surface area contributed by atoms with Crippen LogP contribution in [0.3, 0.4) is 0 Å². The molecule has 0 spiro atoms. The summed E-state index contributed by atoms with van der Waals surface area (Å²) in [5.74, 6) is -0.558. The lowest BCUT2D eigenvalue weighted by Crippen LogP contribution is -2.44. The number of anilines is 1. The monoisotopic (exact) mass is 644 g/mol. The topological polar surface area (TPSA) is 82.3 Å². The van der Waals surface area contributed by atoms with E-state index in [9.17, 15) is 18.7 Å². The SMILES string of the molecule is Cc1c(-c2nc3cc(CN4CCC[C@H]4C(=O)O)c(OC(F)F)cc3o2)cccc1-c1cccc(N2CCC(N3CCCC3)CC2)c1C. The van der Waals surface area contributed by atoms with Gasteiger partial charge in [-0.3, -0.25) is 9.69 Å². The molecule has 248 valence electrons. The second-order valence-corrected chi connectivity index (χ2v) is 13.2. The maximum Gasteiger partial charge on any atom is 0.387 e. The minimum absolute atomic E-state index is 0.0337. The van der Waals surface area contributed by atoms with Crippen molar-refractivity contribution in [3.8, 4) is 28.3 Å². The van der Waals surface area contributed by atoms with E-state index in [1.54, 1.807) is 11.0 Å². The molecule has 3 saturated heterocycles. The van der Waals surface area contributed by atoms with Gasteiger partial charge in [0.2, 0.25) is 5.89 Å². The number of hydrogen-bond donors (Lipinski definition) is 1. The van der Waals surface area contributed by atoms with Gasteiger partial charge in [0.15, 0.2) is 5.58 Å². The van der Waals surface area contributed by atoms with E-state index >= 15 is 0 Å². The van der Waals surface area contributed by atoms with Crippen molar-refractivity contribution in [2.75, 3.05) is 37.6 Å². The number of aromatic nitrogens is 1. The van der Waals surface area contributed by atoms with Crippen LogP contribution in [0.25, 0.3) is 33.7 Å². The molecule has 0 aliphatic carbocycles. The summed E-state index contributed by atoms with van der Waals surface area (Å²) < 4.78 is 37.9. The number of oxazole rings is 1. The second kappa shape index (κ2) is 13.2. The molecule has 3 fully saturated rings. The third-order valence-corrected chi connectivity index (χ3v) is 10.4. The quantitative estimate of drug-likeness (QED) is 0.201. The third kappa shape index (κ3) is 6.33. The standard InChI is InChI=1S/C37H42F2N4O4/c1-23-27(28-9-6-11-31(24(28)2)42-18-13-26(14-19-42)41-15-3-4-16-41)8-5-10-29(23)35-40-30-20-25(22-43-17-7-12-32(43)36(44)45)33(47-37(38)39)21-34(30)46-35/h5-6,8-11,20-21,26,32,37H,3-4,7,12-19,22H2,1-2H3,(H,44,45)/t32-/m0/s1. The second-order valence-electron chi connectivity index (χ2n) is 13.2. The van der Waals surface area contributed by atoms with E-state index in [4.69, 9.17) is 14.1 Å². The van der Waals surface area contributed by atoms with Crippen LogP contribution in [0.1, 0.15) is 55.2 Å². The Bertz CT molecular complexity index is 1760. The summed E-state index contributed by atoms with van der Waals surface area (Å²) in [7, 11) is 0. The van der Waals surface area contributed by atoms with Crippen molar-refractivity contribution in [1.29, 1.82) is 0 Å². The average molecular weight is 645 g/mol. The molecule has 47 heavy (non-hydrogen) atoms. The maximum absolute atomic E-state index is 13.4. The van der Waals surface area contributed by atoms with E-state index in [2.05, 4.69) is 47.9 Å². The molecule has 0 amide bonds. The van der Waals surface area contributed by atoms with Crippen LogP contribution in [-0.4, -0.2) is 77.3 Å². The Morgan fingerprint density at radius 1 is 0.936 bits per heavy atom. The number of alkyl halides is 2. The normalized spacial score (nSPS) is 19.8. The van der Waals surface area contributed by atoms with Crippen molar-refractivity contribution in [3.05, 3.63) is 65.2 Å². The number of aliphatic carboxylic acids is 1. The number of carboxylic acids is 1. The predicted octanol–water partition coefficient (Wildman–Crippen LogP) is 7.49. The zero-order valence-corrected chi connectivity index (χ0v) is 27.1. The van der Waals surface area contributed by atoms with Gasteiger partial charge in [-0.05, 0) is 112 Å². The van der Waals surface area contributed by atoms with Gasteiger partial charge >= 0.3 is 12.6 Å². The molecule has 0 saturated carbocycles. The molecule has 7 rings (SSSR count). The molecule has 1 atom stereocenters. The maximum atomic E-state index is 13.4. The number of halogens is 2. The summed E-state index contributed by atoms with van der Waals surface area (Å²) >= 11 is 0. The van der Waals surface area contributed by atoms with Gasteiger partial charge in [0.1, 0.15) is 17.3 Å². The summed E-state index contributed by atoms with van der Waals surface area (Å²) in [5, 5.41) is 9.63. The van der Waals surface area contributed by atoms with Crippen LogP contribution >= 0.6 is 0 Å². The number of carboxylic acid groups (broad SMARTS) is 1. The highest BCUT2D eigenvalue weighted by Gasteiger charge is 2.32. The van der Waals surface area contributed by atoms with E-state index < -0.39 is 18.6 Å². The van der Waals surface area contributed by atoms with Gasteiger partial charge in [0.25, 0.3) is 0 Å². The highest BCUT2D eigenvalue weighted by molar-refractivity contribution is 5.84. The lowest BCUT2D eigenvalue weighted by molar-refractivity contribution is -0.142. The summed E-state index contributed by atoms with van der Waals surface area (Å²) in [4.78, 5) is 23.5. The highest BCUT2D eigenvalue weighted by atomic mass is 19.3. The minimum atomic E-state index is -3.03. The number of nitrogens with zero attached hydrogens (tertiary/aromatic N) is 4. The van der Waals surface area contributed by atoms with Crippen LogP contribution in [0.5, 0.6) is 5.75 Å². The molecular weight excluding hydrogens is 602 g/mol. The number of piperidine rings is 1. The fourth-order valence-corrected chi connectivity index (χ4v) is 7.95. The lowest BCUT2D eigenvalue weighted by atomic mass is 9.92. The number of carbonyl (C=O) groups is 1. The zero-order chi connectivity index (χ0) is 32.7. The highest BCUT2D eigenvalue weighted by Crippen LogP contribution is 2.39. The van der Waals surface area contributed by atoms with Crippen LogP contribution in [-0.2, 0) is 11.3 Å². The lowest BCUT2D eigenvalue weighted by Gasteiger charge is -2.38. The van der Waals surface area contributed by atoms with Gasteiger partial charge in [0, 0.05) is 48.6 Å². The molecule has 10 heteroatoms. The van der Waals surface area contributed by atoms with Crippen LogP contribution in [0, 0.1) is 13.8 Å². The molecule has 1 aromatic heterocycles. The van der Waals surface area contributed by atoms with Gasteiger partial charge < -0.3 is 24.1 Å². The third-order valence-electron chi connectivity index (χ3n) is 10.4. The fraction of sp³-hybridized carbons (Fsp3) is 0.459. The van der Waals surface area contributed by atoms with E-state index in [1.807, 2.05) is 12.1 Å². The van der Waals surface area contributed by atoms with E-state index in [0.29, 0.717) is 41.6 Å². The van der Waals surface area contributed by atoms with Crippen LogP contribution in [0.2, 0.25) is 0 Å². The average Bonchev–Trinajstić information content (AvgIpc) is 3.83. The fourth-order valence-electron chi connectivity index (χ4n) is 7.95. The Kier molecular flexibility index (Phi) is 8.89.